The van der Waals surface area contributed by atoms with E-state index in [1.807, 2.05) is 25.1 Å². The summed E-state index contributed by atoms with van der Waals surface area (Å²) in [7, 11) is 0. The highest BCUT2D eigenvalue weighted by atomic mass is 16.1. The standard InChI is InChI=1S/C14H15N3O/c1-10-13(6-3-7-16-10)17-14(18)12-5-2-4-11(8-12)9-15/h2-8H,9,15H2,1H3,(H,17,18). The first-order chi connectivity index (χ1) is 8.70. The van der Waals surface area contributed by atoms with Crippen LogP contribution in [0.25, 0.3) is 0 Å². The van der Waals surface area contributed by atoms with Crippen LogP contribution in [0.3, 0.4) is 0 Å². The molecule has 0 fully saturated rings. The summed E-state index contributed by atoms with van der Waals surface area (Å²) in [4.78, 5) is 16.2. The Bertz CT molecular complexity index is 566. The van der Waals surface area contributed by atoms with Crippen LogP contribution < -0.4 is 11.1 Å². The monoisotopic (exact) mass is 241 g/mol. The topological polar surface area (TPSA) is 68.0 Å². The van der Waals surface area contributed by atoms with Crippen LogP contribution in [0.5, 0.6) is 0 Å². The van der Waals surface area contributed by atoms with Crippen molar-refractivity contribution in [1.82, 2.24) is 4.98 Å². The maximum atomic E-state index is 12.1. The number of benzene rings is 1. The van der Waals surface area contributed by atoms with Gasteiger partial charge >= 0.3 is 0 Å². The quantitative estimate of drug-likeness (QED) is 0.864. The average molecular weight is 241 g/mol. The van der Waals surface area contributed by atoms with Gasteiger partial charge in [0, 0.05) is 18.3 Å². The number of nitrogens with one attached hydrogen (secondary N) is 1. The third-order valence-electron chi connectivity index (χ3n) is 2.68. The molecule has 0 radical (unpaired) electrons. The second-order valence-corrected chi connectivity index (χ2v) is 3.99. The van der Waals surface area contributed by atoms with Crippen LogP contribution in [-0.2, 0) is 6.54 Å². The number of anilines is 1. The van der Waals surface area contributed by atoms with Gasteiger partial charge in [-0.15, -0.1) is 0 Å². The molecular weight excluding hydrogens is 226 g/mol. The highest BCUT2D eigenvalue weighted by molar-refractivity contribution is 6.04. The Labute approximate surface area is 106 Å². The molecule has 0 saturated carbocycles. The van der Waals surface area contributed by atoms with E-state index in [1.165, 1.54) is 0 Å². The lowest BCUT2D eigenvalue weighted by atomic mass is 10.1. The lowest BCUT2D eigenvalue weighted by Gasteiger charge is -2.08. The molecule has 0 aliphatic carbocycles. The molecule has 0 saturated heterocycles. The van der Waals surface area contributed by atoms with E-state index in [4.69, 9.17) is 5.73 Å². The molecule has 1 heterocycles. The minimum Gasteiger partial charge on any atom is -0.326 e. The Morgan fingerprint density at radius 3 is 2.89 bits per heavy atom. The van der Waals surface area contributed by atoms with E-state index in [0.29, 0.717) is 12.1 Å². The van der Waals surface area contributed by atoms with Crippen molar-refractivity contribution in [2.45, 2.75) is 13.5 Å². The zero-order chi connectivity index (χ0) is 13.0. The van der Waals surface area contributed by atoms with Crippen molar-refractivity contribution < 1.29 is 4.79 Å². The maximum Gasteiger partial charge on any atom is 0.255 e. The van der Waals surface area contributed by atoms with Crippen LogP contribution in [0.2, 0.25) is 0 Å². The number of pyridine rings is 1. The molecule has 1 aromatic heterocycles. The molecule has 18 heavy (non-hydrogen) atoms. The predicted molar refractivity (Wildman–Crippen MR) is 71.3 cm³/mol. The fourth-order valence-electron chi connectivity index (χ4n) is 1.65. The number of amides is 1. The molecule has 0 atom stereocenters. The van der Waals surface area contributed by atoms with Crippen LogP contribution in [-0.4, -0.2) is 10.9 Å². The first-order valence-electron chi connectivity index (χ1n) is 5.72. The lowest BCUT2D eigenvalue weighted by molar-refractivity contribution is 0.102. The first kappa shape index (κ1) is 12.3. The maximum absolute atomic E-state index is 12.1. The fourth-order valence-corrected chi connectivity index (χ4v) is 1.65. The first-order valence-corrected chi connectivity index (χ1v) is 5.72. The molecule has 0 unspecified atom stereocenters. The van der Waals surface area contributed by atoms with Crippen molar-refractivity contribution in [1.29, 1.82) is 0 Å². The third kappa shape index (κ3) is 2.73. The smallest absolute Gasteiger partial charge is 0.255 e. The van der Waals surface area contributed by atoms with Gasteiger partial charge in [0.2, 0.25) is 0 Å². The molecule has 4 nitrogen and oxygen atoms in total. The lowest BCUT2D eigenvalue weighted by Crippen LogP contribution is -2.13. The predicted octanol–water partition coefficient (Wildman–Crippen LogP) is 2.10. The van der Waals surface area contributed by atoms with E-state index in [1.54, 1.807) is 24.4 Å². The summed E-state index contributed by atoms with van der Waals surface area (Å²) in [6.45, 7) is 2.28. The summed E-state index contributed by atoms with van der Waals surface area (Å²) < 4.78 is 0. The Kier molecular flexibility index (Phi) is 3.69. The van der Waals surface area contributed by atoms with E-state index >= 15 is 0 Å². The number of nitrogens with zero attached hydrogens (tertiary/aromatic N) is 1. The van der Waals surface area contributed by atoms with Crippen molar-refractivity contribution in [3.8, 4) is 0 Å². The summed E-state index contributed by atoms with van der Waals surface area (Å²) in [6.07, 6.45) is 1.69. The Morgan fingerprint density at radius 1 is 1.33 bits per heavy atom. The number of rotatable bonds is 3. The van der Waals surface area contributed by atoms with E-state index in [0.717, 1.165) is 16.9 Å². The number of nitrogens with two attached hydrogens (primary N) is 1. The van der Waals surface area contributed by atoms with Gasteiger partial charge in [-0.1, -0.05) is 12.1 Å². The van der Waals surface area contributed by atoms with Gasteiger partial charge in [0.05, 0.1) is 11.4 Å². The number of carbonyl (C=O) groups excluding carboxylic acids is 1. The Hall–Kier alpha value is -2.20. The summed E-state index contributed by atoms with van der Waals surface area (Å²) >= 11 is 0. The molecule has 0 bridgehead atoms. The van der Waals surface area contributed by atoms with E-state index < -0.39 is 0 Å². The molecule has 2 aromatic rings. The summed E-state index contributed by atoms with van der Waals surface area (Å²) in [5, 5.41) is 2.84. The number of hydrogen-bond acceptors (Lipinski definition) is 3. The van der Waals surface area contributed by atoms with Crippen molar-refractivity contribution in [2.24, 2.45) is 5.73 Å². The highest BCUT2D eigenvalue weighted by Crippen LogP contribution is 2.13. The summed E-state index contributed by atoms with van der Waals surface area (Å²) in [5.41, 5.74) is 8.60. The van der Waals surface area contributed by atoms with Crippen molar-refractivity contribution in [3.05, 3.63) is 59.4 Å². The molecular formula is C14H15N3O. The Balaban J connectivity index is 2.19. The molecule has 3 N–H and O–H groups in total. The van der Waals surface area contributed by atoms with Gasteiger partial charge in [0.15, 0.2) is 0 Å². The average Bonchev–Trinajstić information content (AvgIpc) is 2.41. The van der Waals surface area contributed by atoms with Gasteiger partial charge in [-0.2, -0.15) is 0 Å². The van der Waals surface area contributed by atoms with Gasteiger partial charge < -0.3 is 11.1 Å². The van der Waals surface area contributed by atoms with E-state index in [2.05, 4.69) is 10.3 Å². The van der Waals surface area contributed by atoms with Gasteiger partial charge in [0.25, 0.3) is 5.91 Å². The summed E-state index contributed by atoms with van der Waals surface area (Å²) in [5.74, 6) is -0.151. The SMILES string of the molecule is Cc1ncccc1NC(=O)c1cccc(CN)c1. The van der Waals surface area contributed by atoms with Crippen LogP contribution >= 0.6 is 0 Å². The third-order valence-corrected chi connectivity index (χ3v) is 2.68. The van der Waals surface area contributed by atoms with Gasteiger partial charge in [-0.25, -0.2) is 0 Å². The second kappa shape index (κ2) is 5.42. The molecule has 0 aliphatic heterocycles. The second-order valence-electron chi connectivity index (χ2n) is 3.99. The van der Waals surface area contributed by atoms with Gasteiger partial charge in [-0.3, -0.25) is 9.78 Å². The number of aromatic nitrogens is 1. The molecule has 0 aliphatic rings. The fraction of sp³-hybridized carbons (Fsp3) is 0.143. The molecule has 0 spiro atoms. The van der Waals surface area contributed by atoms with Crippen molar-refractivity contribution in [3.63, 3.8) is 0 Å². The van der Waals surface area contributed by atoms with Crippen LogP contribution in [0, 0.1) is 6.92 Å². The number of carbonyl (C=O) groups is 1. The van der Waals surface area contributed by atoms with E-state index in [-0.39, 0.29) is 5.91 Å². The van der Waals surface area contributed by atoms with Gasteiger partial charge in [0.1, 0.15) is 0 Å². The van der Waals surface area contributed by atoms with Crippen LogP contribution in [0.4, 0.5) is 5.69 Å². The minimum atomic E-state index is -0.151. The minimum absolute atomic E-state index is 0.151. The number of hydrogen-bond donors (Lipinski definition) is 2. The zero-order valence-electron chi connectivity index (χ0n) is 10.2. The van der Waals surface area contributed by atoms with Crippen molar-refractivity contribution in [2.75, 3.05) is 5.32 Å². The molecule has 1 amide bonds. The number of aryl methyl sites for hydroxylation is 1. The summed E-state index contributed by atoms with van der Waals surface area (Å²) in [6, 6.07) is 10.9. The molecule has 1 aromatic carbocycles. The van der Waals surface area contributed by atoms with Crippen molar-refractivity contribution >= 4 is 11.6 Å². The van der Waals surface area contributed by atoms with E-state index in [9.17, 15) is 4.79 Å². The Morgan fingerprint density at radius 2 is 2.17 bits per heavy atom. The normalized spacial score (nSPS) is 10.1. The van der Waals surface area contributed by atoms with Crippen LogP contribution in [0.1, 0.15) is 21.6 Å². The van der Waals surface area contributed by atoms with Gasteiger partial charge in [-0.05, 0) is 36.8 Å². The molecule has 2 rings (SSSR count). The zero-order valence-corrected chi connectivity index (χ0v) is 10.2. The van der Waals surface area contributed by atoms with Crippen LogP contribution in [0.15, 0.2) is 42.6 Å². The molecule has 4 heteroatoms. The molecule has 92 valence electrons. The highest BCUT2D eigenvalue weighted by Gasteiger charge is 2.08. The largest absolute Gasteiger partial charge is 0.326 e.